The molecule has 1 N–H and O–H groups in total. The van der Waals surface area contributed by atoms with Crippen molar-refractivity contribution >= 4 is 27.1 Å². The fraction of sp³-hybridized carbons (Fsp3) is 0.0556. The fourth-order valence-corrected chi connectivity index (χ4v) is 3.26. The second-order valence-corrected chi connectivity index (χ2v) is 5.97. The molecular weight excluding hydrogens is 306 g/mol. The quantitative estimate of drug-likeness (QED) is 0.706. The molecule has 0 fully saturated rings. The monoisotopic (exact) mass is 317 g/mol. The molecule has 0 atom stereocenters. The van der Waals surface area contributed by atoms with Crippen LogP contribution in [0.25, 0.3) is 26.4 Å². The minimum atomic E-state index is 0.0611. The van der Waals surface area contributed by atoms with Gasteiger partial charge in [-0.3, -0.25) is 0 Å². The van der Waals surface area contributed by atoms with Crippen molar-refractivity contribution in [2.45, 2.75) is 6.92 Å². The Balaban J connectivity index is 2.17. The minimum absolute atomic E-state index is 0.0611. The molecule has 3 rings (SSSR count). The van der Waals surface area contributed by atoms with Crippen LogP contribution >= 0.6 is 11.3 Å². The number of phenolic OH excluding ortho intramolecular Hbond substituents is 1. The van der Waals surface area contributed by atoms with E-state index in [-0.39, 0.29) is 11.3 Å². The topological polar surface area (TPSA) is 80.7 Å². The lowest BCUT2D eigenvalue weighted by molar-refractivity contribution is 0.477. The number of aromatic hydroxyl groups is 1. The van der Waals surface area contributed by atoms with Gasteiger partial charge in [-0.2, -0.15) is 10.5 Å². The van der Waals surface area contributed by atoms with Crippen LogP contribution in [0.3, 0.4) is 0 Å². The van der Waals surface area contributed by atoms with Gasteiger partial charge in [-0.25, -0.2) is 4.98 Å². The number of hydrogen-bond donors (Lipinski definition) is 1. The molecule has 0 unspecified atom stereocenters. The van der Waals surface area contributed by atoms with E-state index in [0.717, 1.165) is 15.8 Å². The number of para-hydroxylation sites is 1. The number of allylic oxidation sites excluding steroid dienone is 2. The van der Waals surface area contributed by atoms with E-state index in [1.54, 1.807) is 25.1 Å². The maximum Gasteiger partial charge on any atom is 0.133 e. The summed E-state index contributed by atoms with van der Waals surface area (Å²) in [6, 6.07) is 16.6. The molecule has 0 bridgehead atoms. The summed E-state index contributed by atoms with van der Waals surface area (Å²) < 4.78 is 1.04. The highest BCUT2D eigenvalue weighted by molar-refractivity contribution is 7.21. The number of nitrogens with zero attached hydrogens (tertiary/aromatic N) is 3. The SMILES string of the molecule is CC(=C(C#N)C#N)c1ccc(O)c(-c2nc3ccccc3s2)c1. The summed E-state index contributed by atoms with van der Waals surface area (Å²) >= 11 is 1.49. The first kappa shape index (κ1) is 14.8. The van der Waals surface area contributed by atoms with Gasteiger partial charge >= 0.3 is 0 Å². The standard InChI is InChI=1S/C18H11N3OS/c1-11(13(9-19)10-20)12-6-7-16(22)14(8-12)18-21-15-4-2-3-5-17(15)23-18/h2-8,22H,1H3. The summed E-state index contributed by atoms with van der Waals surface area (Å²) in [5.74, 6) is 0.121. The van der Waals surface area contributed by atoms with Crippen LogP contribution < -0.4 is 0 Å². The number of thiazole rings is 1. The van der Waals surface area contributed by atoms with Gasteiger partial charge in [0, 0.05) is 0 Å². The number of benzene rings is 2. The average molecular weight is 317 g/mol. The minimum Gasteiger partial charge on any atom is -0.507 e. The smallest absolute Gasteiger partial charge is 0.133 e. The molecule has 1 heterocycles. The van der Waals surface area contributed by atoms with Crippen LogP contribution in [-0.4, -0.2) is 10.1 Å². The molecule has 5 heteroatoms. The second-order valence-electron chi connectivity index (χ2n) is 4.94. The number of aromatic nitrogens is 1. The third kappa shape index (κ3) is 2.66. The highest BCUT2D eigenvalue weighted by Crippen LogP contribution is 2.37. The summed E-state index contributed by atoms with van der Waals surface area (Å²) in [6.07, 6.45) is 0. The van der Waals surface area contributed by atoms with Gasteiger partial charge in [0.15, 0.2) is 0 Å². The Morgan fingerprint density at radius 3 is 2.57 bits per heavy atom. The molecule has 2 aromatic carbocycles. The van der Waals surface area contributed by atoms with E-state index < -0.39 is 0 Å². The van der Waals surface area contributed by atoms with Gasteiger partial charge in [0.05, 0.1) is 15.8 Å². The molecular formula is C18H11N3OS. The van der Waals surface area contributed by atoms with E-state index in [0.29, 0.717) is 16.1 Å². The molecule has 0 aliphatic rings. The Morgan fingerprint density at radius 1 is 1.13 bits per heavy atom. The van der Waals surface area contributed by atoms with Crippen molar-refractivity contribution in [1.82, 2.24) is 4.98 Å². The summed E-state index contributed by atoms with van der Waals surface area (Å²) in [7, 11) is 0. The van der Waals surface area contributed by atoms with Crippen molar-refractivity contribution in [3.05, 3.63) is 53.6 Å². The normalized spacial score (nSPS) is 10.0. The summed E-state index contributed by atoms with van der Waals surface area (Å²) in [4.78, 5) is 4.54. The molecule has 0 amide bonds. The van der Waals surface area contributed by atoms with E-state index >= 15 is 0 Å². The first-order valence-electron chi connectivity index (χ1n) is 6.84. The number of rotatable bonds is 2. The molecule has 110 valence electrons. The van der Waals surface area contributed by atoms with Crippen molar-refractivity contribution in [2.24, 2.45) is 0 Å². The van der Waals surface area contributed by atoms with Crippen LogP contribution in [0.15, 0.2) is 48.0 Å². The highest BCUT2D eigenvalue weighted by atomic mass is 32.1. The first-order valence-corrected chi connectivity index (χ1v) is 7.66. The lowest BCUT2D eigenvalue weighted by Crippen LogP contribution is -1.87. The van der Waals surface area contributed by atoms with Gasteiger partial charge < -0.3 is 5.11 Å². The third-order valence-electron chi connectivity index (χ3n) is 3.55. The number of fused-ring (bicyclic) bond motifs is 1. The Labute approximate surface area is 137 Å². The predicted molar refractivity (Wildman–Crippen MR) is 90.5 cm³/mol. The van der Waals surface area contributed by atoms with Crippen LogP contribution in [0.1, 0.15) is 12.5 Å². The largest absolute Gasteiger partial charge is 0.507 e. The molecule has 0 aliphatic heterocycles. The molecule has 0 saturated carbocycles. The Bertz CT molecular complexity index is 970. The number of hydrogen-bond acceptors (Lipinski definition) is 5. The van der Waals surface area contributed by atoms with Crippen molar-refractivity contribution in [2.75, 3.05) is 0 Å². The zero-order valence-electron chi connectivity index (χ0n) is 12.2. The van der Waals surface area contributed by atoms with E-state index in [1.165, 1.54) is 11.3 Å². The van der Waals surface area contributed by atoms with Gasteiger partial charge in [-0.1, -0.05) is 18.2 Å². The van der Waals surface area contributed by atoms with Crippen LogP contribution in [-0.2, 0) is 0 Å². The molecule has 23 heavy (non-hydrogen) atoms. The summed E-state index contributed by atoms with van der Waals surface area (Å²) in [5.41, 5.74) is 2.83. The van der Waals surface area contributed by atoms with Crippen molar-refractivity contribution in [3.8, 4) is 28.5 Å². The zero-order chi connectivity index (χ0) is 16.4. The molecule has 0 saturated heterocycles. The summed E-state index contributed by atoms with van der Waals surface area (Å²) in [6.45, 7) is 1.72. The lowest BCUT2D eigenvalue weighted by atomic mass is 10.0. The molecule has 1 aromatic heterocycles. The third-order valence-corrected chi connectivity index (χ3v) is 4.62. The highest BCUT2D eigenvalue weighted by Gasteiger charge is 2.13. The van der Waals surface area contributed by atoms with Crippen molar-refractivity contribution in [1.29, 1.82) is 10.5 Å². The maximum atomic E-state index is 10.2. The van der Waals surface area contributed by atoms with Crippen LogP contribution in [0.4, 0.5) is 0 Å². The van der Waals surface area contributed by atoms with Crippen LogP contribution in [0.5, 0.6) is 5.75 Å². The van der Waals surface area contributed by atoms with Crippen LogP contribution in [0, 0.1) is 22.7 Å². The van der Waals surface area contributed by atoms with Gasteiger partial charge in [0.1, 0.15) is 28.5 Å². The predicted octanol–water partition coefficient (Wildman–Crippen LogP) is 4.49. The lowest BCUT2D eigenvalue weighted by Gasteiger charge is -2.06. The summed E-state index contributed by atoms with van der Waals surface area (Å²) in [5, 5.41) is 28.9. The Morgan fingerprint density at radius 2 is 1.87 bits per heavy atom. The van der Waals surface area contributed by atoms with Gasteiger partial charge in [0.2, 0.25) is 0 Å². The van der Waals surface area contributed by atoms with Crippen molar-refractivity contribution < 1.29 is 5.11 Å². The zero-order valence-corrected chi connectivity index (χ0v) is 13.1. The van der Waals surface area contributed by atoms with Crippen LogP contribution in [0.2, 0.25) is 0 Å². The van der Waals surface area contributed by atoms with E-state index in [9.17, 15) is 5.11 Å². The van der Waals surface area contributed by atoms with E-state index in [1.807, 2.05) is 36.4 Å². The Kier molecular flexibility index (Phi) is 3.80. The Hall–Kier alpha value is -3.15. The maximum absolute atomic E-state index is 10.2. The number of nitriles is 2. The van der Waals surface area contributed by atoms with Gasteiger partial charge in [0.25, 0.3) is 0 Å². The molecule has 0 radical (unpaired) electrons. The first-order chi connectivity index (χ1) is 11.1. The number of phenols is 1. The molecule has 0 spiro atoms. The molecule has 3 aromatic rings. The van der Waals surface area contributed by atoms with Crippen molar-refractivity contribution in [3.63, 3.8) is 0 Å². The van der Waals surface area contributed by atoms with Gasteiger partial charge in [-0.05, 0) is 42.3 Å². The fourth-order valence-electron chi connectivity index (χ4n) is 2.27. The van der Waals surface area contributed by atoms with E-state index in [4.69, 9.17) is 10.5 Å². The average Bonchev–Trinajstić information content (AvgIpc) is 3.00. The van der Waals surface area contributed by atoms with E-state index in [2.05, 4.69) is 4.98 Å². The van der Waals surface area contributed by atoms with Gasteiger partial charge in [-0.15, -0.1) is 11.3 Å². The second kappa shape index (κ2) is 5.92. The molecule has 4 nitrogen and oxygen atoms in total. The molecule has 0 aliphatic carbocycles.